The van der Waals surface area contributed by atoms with Crippen LogP contribution in [0.1, 0.15) is 63.7 Å². The number of nitrogens with two attached hydrogens (primary N) is 2. The van der Waals surface area contributed by atoms with Crippen LogP contribution in [-0.4, -0.2) is 127 Å². The van der Waals surface area contributed by atoms with Crippen LogP contribution in [0.15, 0.2) is 54.9 Å². The van der Waals surface area contributed by atoms with E-state index >= 15 is 0 Å². The first-order valence-corrected chi connectivity index (χ1v) is 18.2. The van der Waals surface area contributed by atoms with E-state index in [9.17, 15) is 29.4 Å². The van der Waals surface area contributed by atoms with Crippen molar-refractivity contribution < 1.29 is 39.6 Å². The lowest BCUT2D eigenvalue weighted by molar-refractivity contribution is 0.0975. The van der Waals surface area contributed by atoms with Crippen molar-refractivity contribution in [1.82, 2.24) is 15.6 Å². The number of hydrogen-bond donors (Lipinski definition) is 12. The van der Waals surface area contributed by atoms with Crippen LogP contribution in [0.5, 0.6) is 11.5 Å². The standard InChI is InChI=1S/C22H28N4O6.C17H19N5O2/c27-11-9-23-5-7-25-13-1-2-14(26-8-6-24-10-12-28)18-17(13)21(31)19-15(29)3-4-16(30)20(19)22(18)32;18-4-7-21-12-1-2-13(22-8-5-19)15-14(12)16(23)10-3-6-20-9-11(10)17(15)24/h1-4,23-30H,5-12H2;1-3,6,9,21-22H,4-5,7-8,18-19H2. The number of aliphatic hydroxyl groups excluding tert-OH is 2. The second-order valence-corrected chi connectivity index (χ2v) is 12.6. The maximum Gasteiger partial charge on any atom is 0.200 e. The molecule has 3 aromatic carbocycles. The van der Waals surface area contributed by atoms with E-state index in [2.05, 4.69) is 36.9 Å². The number of ketones is 4. The predicted octanol–water partition coefficient (Wildman–Crippen LogP) is 0.459. The van der Waals surface area contributed by atoms with Crippen LogP contribution in [0.4, 0.5) is 22.7 Å². The smallest absolute Gasteiger partial charge is 0.200 e. The zero-order valence-electron chi connectivity index (χ0n) is 30.7. The number of anilines is 4. The third kappa shape index (κ3) is 8.78. The fraction of sp³-hybridized carbons (Fsp3) is 0.308. The zero-order chi connectivity index (χ0) is 40.2. The molecule has 1 heterocycles. The molecule has 296 valence electrons. The average Bonchev–Trinajstić information content (AvgIpc) is 3.21. The van der Waals surface area contributed by atoms with Crippen molar-refractivity contribution in [2.45, 2.75) is 0 Å². The highest BCUT2D eigenvalue weighted by molar-refractivity contribution is 6.34. The molecule has 2 aliphatic rings. The second kappa shape index (κ2) is 19.6. The van der Waals surface area contributed by atoms with Crippen LogP contribution in [-0.2, 0) is 0 Å². The Balaban J connectivity index is 0.000000223. The summed E-state index contributed by atoms with van der Waals surface area (Å²) in [7, 11) is 0. The van der Waals surface area contributed by atoms with Crippen LogP contribution in [0.25, 0.3) is 0 Å². The van der Waals surface area contributed by atoms with Gasteiger partial charge in [0.1, 0.15) is 11.5 Å². The van der Waals surface area contributed by atoms with Gasteiger partial charge < -0.3 is 63.8 Å². The molecule has 4 aromatic rings. The molecule has 17 heteroatoms. The number of carbonyl (C=O) groups excluding carboxylic acids is 4. The van der Waals surface area contributed by atoms with Gasteiger partial charge in [-0.2, -0.15) is 0 Å². The Morgan fingerprint density at radius 2 is 0.857 bits per heavy atom. The number of phenols is 2. The number of pyridine rings is 1. The summed E-state index contributed by atoms with van der Waals surface area (Å²) in [5.74, 6) is -2.28. The van der Waals surface area contributed by atoms with E-state index in [4.69, 9.17) is 21.7 Å². The Hall–Kier alpha value is -5.95. The number of aliphatic hydroxyl groups is 2. The molecule has 0 spiro atoms. The van der Waals surface area contributed by atoms with E-state index in [-0.39, 0.29) is 58.5 Å². The molecule has 56 heavy (non-hydrogen) atoms. The molecule has 0 fully saturated rings. The van der Waals surface area contributed by atoms with Gasteiger partial charge in [-0.1, -0.05) is 0 Å². The minimum Gasteiger partial charge on any atom is -0.507 e. The molecule has 6 rings (SSSR count). The van der Waals surface area contributed by atoms with E-state index in [0.717, 1.165) is 0 Å². The fourth-order valence-electron chi connectivity index (χ4n) is 6.46. The van der Waals surface area contributed by atoms with E-state index in [1.165, 1.54) is 24.5 Å². The van der Waals surface area contributed by atoms with E-state index in [0.29, 0.717) is 110 Å². The van der Waals surface area contributed by atoms with Crippen molar-refractivity contribution in [2.24, 2.45) is 11.5 Å². The van der Waals surface area contributed by atoms with Gasteiger partial charge >= 0.3 is 0 Å². The lowest BCUT2D eigenvalue weighted by atomic mass is 9.81. The maximum atomic E-state index is 13.4. The van der Waals surface area contributed by atoms with Crippen molar-refractivity contribution in [3.05, 3.63) is 99.4 Å². The molecule has 0 bridgehead atoms. The zero-order valence-corrected chi connectivity index (χ0v) is 30.7. The fourth-order valence-corrected chi connectivity index (χ4v) is 6.46. The number of phenolic OH excluding ortho intramolecular Hbond substituents is 2. The highest BCUT2D eigenvalue weighted by atomic mass is 16.3. The monoisotopic (exact) mass is 769 g/mol. The van der Waals surface area contributed by atoms with Crippen molar-refractivity contribution in [1.29, 1.82) is 0 Å². The number of aromatic hydroxyl groups is 2. The summed E-state index contributed by atoms with van der Waals surface area (Å²) in [5, 5.41) is 56.8. The van der Waals surface area contributed by atoms with Gasteiger partial charge in [-0.25, -0.2) is 0 Å². The lowest BCUT2D eigenvalue weighted by Gasteiger charge is -2.25. The number of hydrogen-bond acceptors (Lipinski definition) is 17. The molecule has 0 atom stereocenters. The number of aromatic nitrogens is 1. The molecule has 0 unspecified atom stereocenters. The molecular weight excluding hydrogens is 722 g/mol. The molecule has 1 aromatic heterocycles. The minimum atomic E-state index is -0.559. The summed E-state index contributed by atoms with van der Waals surface area (Å²) >= 11 is 0. The van der Waals surface area contributed by atoms with Crippen molar-refractivity contribution >= 4 is 45.9 Å². The Morgan fingerprint density at radius 3 is 1.27 bits per heavy atom. The Morgan fingerprint density at radius 1 is 0.464 bits per heavy atom. The molecule has 0 saturated carbocycles. The van der Waals surface area contributed by atoms with E-state index in [1.807, 2.05) is 0 Å². The molecular formula is C39H47N9O8. The first-order chi connectivity index (χ1) is 27.2. The van der Waals surface area contributed by atoms with Gasteiger partial charge in [-0.15, -0.1) is 0 Å². The SMILES string of the molecule is NCCNc1ccc(NCCN)c2c1C(=O)c1ccncc1C2=O.O=C1c2c(O)ccc(O)c2C(=O)c2c(NCCNCCO)ccc(NCCNCCO)c21. The molecule has 0 aliphatic heterocycles. The summed E-state index contributed by atoms with van der Waals surface area (Å²) in [6.07, 6.45) is 2.95. The predicted molar refractivity (Wildman–Crippen MR) is 213 cm³/mol. The minimum absolute atomic E-state index is 0.00939. The number of rotatable bonds is 18. The largest absolute Gasteiger partial charge is 0.507 e. The van der Waals surface area contributed by atoms with Gasteiger partial charge in [0.15, 0.2) is 11.6 Å². The number of carbonyl (C=O) groups is 4. The molecule has 14 N–H and O–H groups in total. The van der Waals surface area contributed by atoms with Crippen molar-refractivity contribution in [3.8, 4) is 11.5 Å². The quantitative estimate of drug-likeness (QED) is 0.0418. The Labute approximate surface area is 322 Å². The Kier molecular flexibility index (Phi) is 14.4. The normalized spacial score (nSPS) is 12.5. The molecule has 17 nitrogen and oxygen atoms in total. The summed E-state index contributed by atoms with van der Waals surface area (Å²) < 4.78 is 0. The molecule has 0 radical (unpaired) electrons. The third-order valence-electron chi connectivity index (χ3n) is 8.98. The van der Waals surface area contributed by atoms with Crippen molar-refractivity contribution in [3.63, 3.8) is 0 Å². The van der Waals surface area contributed by atoms with E-state index < -0.39 is 11.6 Å². The topological polar surface area (TPSA) is 286 Å². The first-order valence-electron chi connectivity index (χ1n) is 18.2. The summed E-state index contributed by atoms with van der Waals surface area (Å²) in [6, 6.07) is 10.9. The molecule has 2 aliphatic carbocycles. The van der Waals surface area contributed by atoms with Crippen LogP contribution >= 0.6 is 0 Å². The number of fused-ring (bicyclic) bond motifs is 4. The maximum absolute atomic E-state index is 13.4. The summed E-state index contributed by atoms with van der Waals surface area (Å²) in [6.45, 7) is 4.66. The van der Waals surface area contributed by atoms with Crippen LogP contribution in [0.2, 0.25) is 0 Å². The number of nitrogens with zero attached hydrogens (tertiary/aromatic N) is 1. The van der Waals surface area contributed by atoms with Gasteiger partial charge in [0, 0.05) is 106 Å². The first kappa shape index (κ1) is 41.2. The van der Waals surface area contributed by atoms with Gasteiger partial charge in [0.05, 0.1) is 52.2 Å². The highest BCUT2D eigenvalue weighted by Crippen LogP contribution is 2.42. The molecule has 0 amide bonds. The summed E-state index contributed by atoms with van der Waals surface area (Å²) in [4.78, 5) is 56.6. The number of nitrogens with one attached hydrogen (secondary N) is 6. The van der Waals surface area contributed by atoms with Gasteiger partial charge in [0.25, 0.3) is 0 Å². The van der Waals surface area contributed by atoms with Gasteiger partial charge in [0.2, 0.25) is 11.6 Å². The van der Waals surface area contributed by atoms with E-state index in [1.54, 1.807) is 30.3 Å². The van der Waals surface area contributed by atoms with Crippen LogP contribution in [0.3, 0.4) is 0 Å². The number of benzene rings is 3. The highest BCUT2D eigenvalue weighted by Gasteiger charge is 2.38. The van der Waals surface area contributed by atoms with Crippen LogP contribution in [0, 0.1) is 0 Å². The van der Waals surface area contributed by atoms with Gasteiger partial charge in [-0.05, 0) is 42.5 Å². The summed E-state index contributed by atoms with van der Waals surface area (Å²) in [5.41, 5.74) is 14.4. The third-order valence-corrected chi connectivity index (χ3v) is 8.98. The second-order valence-electron chi connectivity index (χ2n) is 12.6. The Bertz CT molecular complexity index is 1950. The van der Waals surface area contributed by atoms with Gasteiger partial charge in [-0.3, -0.25) is 24.2 Å². The molecule has 0 saturated heterocycles. The lowest BCUT2D eigenvalue weighted by Crippen LogP contribution is -2.28. The van der Waals surface area contributed by atoms with Crippen LogP contribution < -0.4 is 43.4 Å². The average molecular weight is 770 g/mol. The van der Waals surface area contributed by atoms with Crippen molar-refractivity contribution in [2.75, 3.05) is 99.9 Å².